The van der Waals surface area contributed by atoms with Crippen molar-refractivity contribution in [2.24, 2.45) is 0 Å². The van der Waals surface area contributed by atoms with Gasteiger partial charge < -0.3 is 10.6 Å². The Bertz CT molecular complexity index is 880. The molecule has 26 heavy (non-hydrogen) atoms. The first-order valence-electron chi connectivity index (χ1n) is 8.26. The summed E-state index contributed by atoms with van der Waals surface area (Å²) in [5.41, 5.74) is 2.84. The summed E-state index contributed by atoms with van der Waals surface area (Å²) in [6, 6.07) is 20.4. The second-order valence-corrected chi connectivity index (χ2v) is 5.82. The van der Waals surface area contributed by atoms with Crippen LogP contribution in [0.2, 0.25) is 0 Å². The number of anilines is 2. The molecule has 0 aliphatic heterocycles. The van der Waals surface area contributed by atoms with Crippen molar-refractivity contribution in [3.05, 3.63) is 95.6 Å². The van der Waals surface area contributed by atoms with Crippen molar-refractivity contribution < 1.29 is 13.6 Å². The van der Waals surface area contributed by atoms with Gasteiger partial charge in [0.05, 0.1) is 0 Å². The molecule has 0 saturated heterocycles. The van der Waals surface area contributed by atoms with Crippen LogP contribution in [0.3, 0.4) is 0 Å². The summed E-state index contributed by atoms with van der Waals surface area (Å²) in [4.78, 5) is 12.1. The molecule has 2 N–H and O–H groups in total. The summed E-state index contributed by atoms with van der Waals surface area (Å²) < 4.78 is 26.1. The zero-order chi connectivity index (χ0) is 18.4. The molecule has 0 spiro atoms. The first-order chi connectivity index (χ1) is 12.6. The molecule has 0 unspecified atom stereocenters. The van der Waals surface area contributed by atoms with Gasteiger partial charge in [-0.15, -0.1) is 0 Å². The number of benzene rings is 3. The first-order valence-corrected chi connectivity index (χ1v) is 8.26. The molecule has 0 aliphatic rings. The molecule has 0 fully saturated rings. The van der Waals surface area contributed by atoms with Crippen molar-refractivity contribution >= 4 is 17.3 Å². The van der Waals surface area contributed by atoms with Crippen molar-refractivity contribution in [3.8, 4) is 0 Å². The maximum atomic E-state index is 13.2. The second-order valence-electron chi connectivity index (χ2n) is 5.82. The maximum Gasteiger partial charge on any atom is 0.255 e. The van der Waals surface area contributed by atoms with Gasteiger partial charge in [-0.05, 0) is 54.4 Å². The van der Waals surface area contributed by atoms with E-state index in [9.17, 15) is 13.6 Å². The zero-order valence-electron chi connectivity index (χ0n) is 14.0. The minimum absolute atomic E-state index is 0.0639. The van der Waals surface area contributed by atoms with Crippen molar-refractivity contribution in [2.45, 2.75) is 6.42 Å². The van der Waals surface area contributed by atoms with Gasteiger partial charge in [-0.1, -0.05) is 30.3 Å². The molecule has 0 radical (unpaired) electrons. The van der Waals surface area contributed by atoms with Crippen LogP contribution >= 0.6 is 0 Å². The van der Waals surface area contributed by atoms with E-state index in [4.69, 9.17) is 0 Å². The summed E-state index contributed by atoms with van der Waals surface area (Å²) in [5.74, 6) is -2.52. The number of amides is 1. The minimum Gasteiger partial charge on any atom is -0.385 e. The summed E-state index contributed by atoms with van der Waals surface area (Å²) >= 11 is 0. The topological polar surface area (TPSA) is 41.1 Å². The number of hydrogen-bond acceptors (Lipinski definition) is 2. The van der Waals surface area contributed by atoms with E-state index in [0.717, 1.165) is 30.8 Å². The molecule has 0 aromatic heterocycles. The van der Waals surface area contributed by atoms with Gasteiger partial charge in [0.25, 0.3) is 5.91 Å². The van der Waals surface area contributed by atoms with E-state index in [1.807, 2.05) is 30.3 Å². The highest BCUT2D eigenvalue weighted by Gasteiger charge is 2.10. The molecule has 0 bridgehead atoms. The van der Waals surface area contributed by atoms with Crippen molar-refractivity contribution in [2.75, 3.05) is 17.2 Å². The average Bonchev–Trinajstić information content (AvgIpc) is 2.66. The van der Waals surface area contributed by atoms with E-state index in [0.29, 0.717) is 5.69 Å². The van der Waals surface area contributed by atoms with Crippen LogP contribution in [0.1, 0.15) is 15.9 Å². The van der Waals surface area contributed by atoms with Gasteiger partial charge in [-0.25, -0.2) is 8.78 Å². The van der Waals surface area contributed by atoms with Gasteiger partial charge in [0.15, 0.2) is 11.6 Å². The Balaban J connectivity index is 1.53. The lowest BCUT2D eigenvalue weighted by molar-refractivity contribution is 0.102. The quantitative estimate of drug-likeness (QED) is 0.664. The Morgan fingerprint density at radius 3 is 2.19 bits per heavy atom. The lowest BCUT2D eigenvalue weighted by Gasteiger charge is -2.09. The number of hydrogen-bond donors (Lipinski definition) is 2. The highest BCUT2D eigenvalue weighted by Crippen LogP contribution is 2.16. The molecule has 5 heteroatoms. The van der Waals surface area contributed by atoms with Crippen LogP contribution < -0.4 is 10.6 Å². The lowest BCUT2D eigenvalue weighted by atomic mass is 10.1. The van der Waals surface area contributed by atoms with Gasteiger partial charge in [0.1, 0.15) is 0 Å². The molecule has 0 heterocycles. The molecule has 3 aromatic rings. The summed E-state index contributed by atoms with van der Waals surface area (Å²) in [6.07, 6.45) is 0.912. The molecule has 0 aliphatic carbocycles. The van der Waals surface area contributed by atoms with E-state index in [1.165, 1.54) is 11.6 Å². The largest absolute Gasteiger partial charge is 0.385 e. The van der Waals surface area contributed by atoms with Crippen LogP contribution in [-0.4, -0.2) is 12.5 Å². The third kappa shape index (κ3) is 4.66. The van der Waals surface area contributed by atoms with Gasteiger partial charge >= 0.3 is 0 Å². The molecular formula is C21H18F2N2O. The van der Waals surface area contributed by atoms with Gasteiger partial charge in [0, 0.05) is 23.5 Å². The Kier molecular flexibility index (Phi) is 5.59. The van der Waals surface area contributed by atoms with Crippen LogP contribution in [0.25, 0.3) is 0 Å². The smallest absolute Gasteiger partial charge is 0.255 e. The molecular weight excluding hydrogens is 334 g/mol. The van der Waals surface area contributed by atoms with Crippen LogP contribution in [0.5, 0.6) is 0 Å². The summed E-state index contributed by atoms with van der Waals surface area (Å²) in [7, 11) is 0. The fraction of sp³-hybridized carbons (Fsp3) is 0.0952. The van der Waals surface area contributed by atoms with Crippen molar-refractivity contribution in [3.63, 3.8) is 0 Å². The van der Waals surface area contributed by atoms with Gasteiger partial charge in [-0.2, -0.15) is 0 Å². The van der Waals surface area contributed by atoms with Crippen LogP contribution in [0.4, 0.5) is 20.2 Å². The minimum atomic E-state index is -1.05. The lowest BCUT2D eigenvalue weighted by Crippen LogP contribution is -2.12. The highest BCUT2D eigenvalue weighted by molar-refractivity contribution is 6.04. The summed E-state index contributed by atoms with van der Waals surface area (Å²) in [6.45, 7) is 0.796. The molecule has 132 valence electrons. The van der Waals surface area contributed by atoms with E-state index in [2.05, 4.69) is 22.8 Å². The third-order valence-corrected chi connectivity index (χ3v) is 3.91. The third-order valence-electron chi connectivity index (χ3n) is 3.91. The fourth-order valence-corrected chi connectivity index (χ4v) is 2.51. The van der Waals surface area contributed by atoms with E-state index in [1.54, 1.807) is 12.1 Å². The maximum absolute atomic E-state index is 13.2. The molecule has 3 rings (SSSR count). The number of carbonyl (C=O) groups excluding carboxylic acids is 1. The number of nitrogens with one attached hydrogen (secondary N) is 2. The molecule has 0 atom stereocenters. The second kappa shape index (κ2) is 8.25. The first kappa shape index (κ1) is 17.6. The molecule has 1 amide bonds. The van der Waals surface area contributed by atoms with Crippen molar-refractivity contribution in [1.82, 2.24) is 0 Å². The average molecular weight is 352 g/mol. The fourth-order valence-electron chi connectivity index (χ4n) is 2.51. The predicted octanol–water partition coefficient (Wildman–Crippen LogP) is 4.87. The van der Waals surface area contributed by atoms with E-state index < -0.39 is 17.5 Å². The number of halogens is 2. The van der Waals surface area contributed by atoms with Gasteiger partial charge in [0.2, 0.25) is 0 Å². The Morgan fingerprint density at radius 2 is 1.50 bits per heavy atom. The Morgan fingerprint density at radius 1 is 0.808 bits per heavy atom. The Labute approximate surface area is 150 Å². The van der Waals surface area contributed by atoms with Crippen LogP contribution in [0.15, 0.2) is 72.8 Å². The van der Waals surface area contributed by atoms with Crippen LogP contribution in [0, 0.1) is 11.6 Å². The standard InChI is InChI=1S/C21H18F2N2O/c22-19-11-6-16(14-20(19)23)21(26)25-18-9-7-17(8-10-18)24-13-12-15-4-2-1-3-5-15/h1-11,14,24H,12-13H2,(H,25,26). The SMILES string of the molecule is O=C(Nc1ccc(NCCc2ccccc2)cc1)c1ccc(F)c(F)c1. The van der Waals surface area contributed by atoms with E-state index >= 15 is 0 Å². The van der Waals surface area contributed by atoms with Crippen LogP contribution in [-0.2, 0) is 6.42 Å². The monoisotopic (exact) mass is 352 g/mol. The molecule has 0 saturated carbocycles. The molecule has 3 nitrogen and oxygen atoms in total. The highest BCUT2D eigenvalue weighted by atomic mass is 19.2. The Hall–Kier alpha value is -3.21. The van der Waals surface area contributed by atoms with Crippen molar-refractivity contribution in [1.29, 1.82) is 0 Å². The number of carbonyl (C=O) groups is 1. The zero-order valence-corrected chi connectivity index (χ0v) is 14.0. The molecule has 3 aromatic carbocycles. The van der Waals surface area contributed by atoms with Gasteiger partial charge in [-0.3, -0.25) is 4.79 Å². The predicted molar refractivity (Wildman–Crippen MR) is 99.4 cm³/mol. The normalized spacial score (nSPS) is 10.4. The van der Waals surface area contributed by atoms with E-state index in [-0.39, 0.29) is 5.56 Å². The number of rotatable bonds is 6. The summed E-state index contributed by atoms with van der Waals surface area (Å²) in [5, 5.41) is 5.97.